The number of halogens is 1. The molecular weight excluding hydrogens is 356 g/mol. The van der Waals surface area contributed by atoms with E-state index >= 15 is 0 Å². The first-order valence-corrected chi connectivity index (χ1v) is 8.54. The molecule has 0 spiro atoms. The number of para-hydroxylation sites is 1. The number of ether oxygens (including phenoxy) is 1. The van der Waals surface area contributed by atoms with Gasteiger partial charge in [0.05, 0.1) is 17.2 Å². The van der Waals surface area contributed by atoms with Gasteiger partial charge in [0.25, 0.3) is 5.91 Å². The van der Waals surface area contributed by atoms with Gasteiger partial charge in [-0.25, -0.2) is 0 Å². The summed E-state index contributed by atoms with van der Waals surface area (Å²) in [7, 11) is 1.58. The quantitative estimate of drug-likeness (QED) is 0.893. The van der Waals surface area contributed by atoms with Crippen molar-refractivity contribution in [3.63, 3.8) is 0 Å². The van der Waals surface area contributed by atoms with Crippen LogP contribution in [0.15, 0.2) is 42.5 Å². The van der Waals surface area contributed by atoms with Crippen LogP contribution >= 0.6 is 11.6 Å². The van der Waals surface area contributed by atoms with Gasteiger partial charge in [-0.1, -0.05) is 29.8 Å². The van der Waals surface area contributed by atoms with Crippen LogP contribution in [0.1, 0.15) is 15.9 Å². The number of hydrogen-bond donors (Lipinski definition) is 1. The third-order valence-electron chi connectivity index (χ3n) is 4.28. The Morgan fingerprint density at radius 2 is 2.00 bits per heavy atom. The lowest BCUT2D eigenvalue weighted by Gasteiger charge is -2.23. The third-order valence-corrected chi connectivity index (χ3v) is 4.60. The Hall–Kier alpha value is -2.57. The molecule has 2 aromatic carbocycles. The van der Waals surface area contributed by atoms with Gasteiger partial charge in [-0.2, -0.15) is 0 Å². The number of aromatic hydroxyl groups is 1. The minimum atomic E-state index is -0.385. The summed E-state index contributed by atoms with van der Waals surface area (Å²) in [6.07, 6.45) is 0. The number of nitrogens with zero attached hydrogens (tertiary/aromatic N) is 2. The van der Waals surface area contributed by atoms with E-state index in [1.165, 1.54) is 23.1 Å². The lowest BCUT2D eigenvalue weighted by atomic mass is 10.1. The molecule has 1 heterocycles. The Morgan fingerprint density at radius 3 is 2.73 bits per heavy atom. The zero-order chi connectivity index (χ0) is 18.7. The molecule has 0 aliphatic carbocycles. The maximum Gasteiger partial charge on any atom is 0.260 e. The largest absolute Gasteiger partial charge is 0.508 e. The summed E-state index contributed by atoms with van der Waals surface area (Å²) in [5, 5.41) is 9.65. The maximum atomic E-state index is 13.1. The van der Waals surface area contributed by atoms with E-state index in [2.05, 4.69) is 0 Å². The lowest BCUT2D eigenvalue weighted by Crippen LogP contribution is -2.41. The molecule has 6 nitrogen and oxygen atoms in total. The molecule has 1 aliphatic rings. The average Bonchev–Trinajstić information content (AvgIpc) is 2.76. The van der Waals surface area contributed by atoms with Crippen LogP contribution in [0.4, 0.5) is 5.69 Å². The number of rotatable bonds is 4. The minimum Gasteiger partial charge on any atom is -0.508 e. The summed E-state index contributed by atoms with van der Waals surface area (Å²) in [4.78, 5) is 28.9. The summed E-state index contributed by atoms with van der Waals surface area (Å²) in [5.74, 6) is -0.574. The van der Waals surface area contributed by atoms with Crippen LogP contribution in [0, 0.1) is 0 Å². The van der Waals surface area contributed by atoms with Gasteiger partial charge in [-0.3, -0.25) is 14.5 Å². The summed E-state index contributed by atoms with van der Waals surface area (Å²) in [6.45, 7) is 1.19. The fourth-order valence-electron chi connectivity index (χ4n) is 2.93. The number of phenolic OH excluding ortho intramolecular Hbond substituents is 1. The molecule has 0 saturated heterocycles. The van der Waals surface area contributed by atoms with Crippen LogP contribution < -0.4 is 4.90 Å². The molecule has 0 atom stereocenters. The van der Waals surface area contributed by atoms with Crippen LogP contribution in [0.5, 0.6) is 5.75 Å². The monoisotopic (exact) mass is 374 g/mol. The smallest absolute Gasteiger partial charge is 0.260 e. The Balaban J connectivity index is 1.98. The van der Waals surface area contributed by atoms with E-state index in [9.17, 15) is 14.7 Å². The first kappa shape index (κ1) is 18.2. The molecule has 7 heteroatoms. The number of anilines is 1. The molecule has 0 bridgehead atoms. The van der Waals surface area contributed by atoms with Crippen LogP contribution in [0.2, 0.25) is 5.02 Å². The molecule has 0 aromatic heterocycles. The predicted octanol–water partition coefficient (Wildman–Crippen LogP) is 2.68. The Bertz CT molecular complexity index is 840. The number of amides is 2. The summed E-state index contributed by atoms with van der Waals surface area (Å²) >= 11 is 6.13. The van der Waals surface area contributed by atoms with Gasteiger partial charge >= 0.3 is 0 Å². The summed E-state index contributed by atoms with van der Waals surface area (Å²) in [6, 6.07) is 11.6. The maximum absolute atomic E-state index is 13.1. The Labute approximate surface area is 156 Å². The van der Waals surface area contributed by atoms with Gasteiger partial charge < -0.3 is 14.7 Å². The molecular formula is C19H19ClN2O4. The Kier molecular flexibility index (Phi) is 5.44. The highest BCUT2D eigenvalue weighted by Crippen LogP contribution is 2.29. The summed E-state index contributed by atoms with van der Waals surface area (Å²) < 4.78 is 5.08. The van der Waals surface area contributed by atoms with Crippen LogP contribution in [0.3, 0.4) is 0 Å². The number of hydrogen-bond acceptors (Lipinski definition) is 4. The van der Waals surface area contributed by atoms with Crippen molar-refractivity contribution < 1.29 is 19.4 Å². The molecule has 2 aromatic rings. The van der Waals surface area contributed by atoms with E-state index in [4.69, 9.17) is 16.3 Å². The van der Waals surface area contributed by atoms with Gasteiger partial charge in [0, 0.05) is 25.9 Å². The highest BCUT2D eigenvalue weighted by atomic mass is 35.5. The lowest BCUT2D eigenvalue weighted by molar-refractivity contribution is -0.130. The van der Waals surface area contributed by atoms with Crippen molar-refractivity contribution in [2.24, 2.45) is 0 Å². The van der Waals surface area contributed by atoms with Crippen molar-refractivity contribution in [1.29, 1.82) is 0 Å². The van der Waals surface area contributed by atoms with E-state index in [0.29, 0.717) is 25.4 Å². The summed E-state index contributed by atoms with van der Waals surface area (Å²) in [5.41, 5.74) is 1.78. The molecule has 1 aliphatic heterocycles. The van der Waals surface area contributed by atoms with E-state index in [1.807, 2.05) is 24.3 Å². The minimum absolute atomic E-state index is 0.0235. The number of benzene rings is 2. The standard InChI is InChI=1S/C19H19ClN2O4/c1-26-9-8-21-11-13-4-2-3-5-17(13)22(12-18(21)24)19(25)15-7-6-14(23)10-16(15)20/h2-7,10,23H,8-9,11-12H2,1H3. The van der Waals surface area contributed by atoms with Crippen molar-refractivity contribution in [3.8, 4) is 5.75 Å². The van der Waals surface area contributed by atoms with Crippen LogP contribution in [0.25, 0.3) is 0 Å². The zero-order valence-electron chi connectivity index (χ0n) is 14.3. The first-order chi connectivity index (χ1) is 12.5. The van der Waals surface area contributed by atoms with Crippen LogP contribution in [-0.2, 0) is 16.1 Å². The molecule has 136 valence electrons. The van der Waals surface area contributed by atoms with Gasteiger partial charge in [0.1, 0.15) is 12.3 Å². The fraction of sp³-hybridized carbons (Fsp3) is 0.263. The van der Waals surface area contributed by atoms with Crippen molar-refractivity contribution in [3.05, 3.63) is 58.6 Å². The number of fused-ring (bicyclic) bond motifs is 1. The van der Waals surface area contributed by atoms with Gasteiger partial charge in [-0.15, -0.1) is 0 Å². The van der Waals surface area contributed by atoms with Gasteiger partial charge in [-0.05, 0) is 29.8 Å². The topological polar surface area (TPSA) is 70.1 Å². The normalized spacial score (nSPS) is 14.2. The molecule has 2 amide bonds. The van der Waals surface area contributed by atoms with E-state index < -0.39 is 0 Å². The second-order valence-corrected chi connectivity index (χ2v) is 6.40. The zero-order valence-corrected chi connectivity index (χ0v) is 15.1. The van der Waals surface area contributed by atoms with E-state index in [1.54, 1.807) is 12.0 Å². The number of phenols is 1. The molecule has 26 heavy (non-hydrogen) atoms. The van der Waals surface area contributed by atoms with E-state index in [-0.39, 0.29) is 34.7 Å². The molecule has 3 rings (SSSR count). The molecule has 0 radical (unpaired) electrons. The van der Waals surface area contributed by atoms with Crippen molar-refractivity contribution in [1.82, 2.24) is 4.90 Å². The predicted molar refractivity (Wildman–Crippen MR) is 98.5 cm³/mol. The highest BCUT2D eigenvalue weighted by molar-refractivity contribution is 6.34. The van der Waals surface area contributed by atoms with Crippen molar-refractivity contribution >= 4 is 29.1 Å². The fourth-order valence-corrected chi connectivity index (χ4v) is 3.19. The molecule has 0 unspecified atom stereocenters. The SMILES string of the molecule is COCCN1Cc2ccccc2N(C(=O)c2ccc(O)cc2Cl)CC1=O. The van der Waals surface area contributed by atoms with Crippen molar-refractivity contribution in [2.75, 3.05) is 31.7 Å². The number of carbonyl (C=O) groups excluding carboxylic acids is 2. The average molecular weight is 375 g/mol. The second kappa shape index (κ2) is 7.76. The Morgan fingerprint density at radius 1 is 1.23 bits per heavy atom. The van der Waals surface area contributed by atoms with Crippen molar-refractivity contribution in [2.45, 2.75) is 6.54 Å². The molecule has 0 fully saturated rings. The van der Waals surface area contributed by atoms with Crippen LogP contribution in [-0.4, -0.2) is 48.6 Å². The molecule has 1 N–H and O–H groups in total. The first-order valence-electron chi connectivity index (χ1n) is 8.16. The highest BCUT2D eigenvalue weighted by Gasteiger charge is 2.30. The number of carbonyl (C=O) groups is 2. The number of methoxy groups -OCH3 is 1. The second-order valence-electron chi connectivity index (χ2n) is 5.99. The third kappa shape index (κ3) is 3.66. The van der Waals surface area contributed by atoms with Gasteiger partial charge in [0.2, 0.25) is 5.91 Å². The van der Waals surface area contributed by atoms with E-state index in [0.717, 1.165) is 5.56 Å². The molecule has 0 saturated carbocycles. The van der Waals surface area contributed by atoms with Gasteiger partial charge in [0.15, 0.2) is 0 Å².